The predicted molar refractivity (Wildman–Crippen MR) is 131 cm³/mol. The molecular weight excluding hydrogens is 390 g/mol. The van der Waals surface area contributed by atoms with Crippen molar-refractivity contribution in [3.05, 3.63) is 127 Å². The van der Waals surface area contributed by atoms with Gasteiger partial charge in [0.15, 0.2) is 6.54 Å². The van der Waals surface area contributed by atoms with Gasteiger partial charge in [-0.2, -0.15) is 4.57 Å². The van der Waals surface area contributed by atoms with E-state index in [0.717, 1.165) is 39.3 Å². The summed E-state index contributed by atoms with van der Waals surface area (Å²) in [5.41, 5.74) is 15.1. The summed E-state index contributed by atoms with van der Waals surface area (Å²) in [5, 5.41) is 0. The number of hydrogen-bond donors (Lipinski definition) is 1. The molecule has 32 heavy (non-hydrogen) atoms. The van der Waals surface area contributed by atoms with Crippen LogP contribution in [0.1, 0.15) is 5.56 Å². The lowest BCUT2D eigenvalue weighted by Gasteiger charge is -2.14. The van der Waals surface area contributed by atoms with Crippen LogP contribution < -0.4 is 10.3 Å². The summed E-state index contributed by atoms with van der Waals surface area (Å²) >= 11 is 0. The number of nitrogens with two attached hydrogens (primary N) is 1. The summed E-state index contributed by atoms with van der Waals surface area (Å²) < 4.78 is 2.34. The molecule has 0 bridgehead atoms. The smallest absolute Gasteiger partial charge is 0.215 e. The maximum Gasteiger partial charge on any atom is 0.215 e. The quantitative estimate of drug-likeness (QED) is 0.283. The molecule has 2 heterocycles. The van der Waals surface area contributed by atoms with Crippen LogP contribution in [0.25, 0.3) is 33.6 Å². The van der Waals surface area contributed by atoms with Crippen LogP contribution in [0.5, 0.6) is 0 Å². The Bertz CT molecular complexity index is 1330. The molecule has 3 aromatic carbocycles. The first-order chi connectivity index (χ1) is 15.8. The molecule has 5 rings (SSSR count). The van der Waals surface area contributed by atoms with Crippen LogP contribution >= 0.6 is 0 Å². The second-order valence-corrected chi connectivity index (χ2v) is 7.78. The number of rotatable bonds is 5. The molecule has 3 heteroatoms. The Kier molecular flexibility index (Phi) is 5.46. The first-order valence-electron chi connectivity index (χ1n) is 10.7. The van der Waals surface area contributed by atoms with Crippen LogP contribution in [0, 0.1) is 0 Å². The van der Waals surface area contributed by atoms with Crippen molar-refractivity contribution in [2.45, 2.75) is 6.54 Å². The molecule has 154 valence electrons. The third kappa shape index (κ3) is 4.01. The molecule has 2 N–H and O–H groups in total. The predicted octanol–water partition coefficient (Wildman–Crippen LogP) is 6.00. The van der Waals surface area contributed by atoms with Crippen molar-refractivity contribution >= 4 is 5.69 Å². The van der Waals surface area contributed by atoms with Gasteiger partial charge in [-0.05, 0) is 47.5 Å². The van der Waals surface area contributed by atoms with E-state index in [0.29, 0.717) is 6.54 Å². The van der Waals surface area contributed by atoms with Gasteiger partial charge >= 0.3 is 0 Å². The summed E-state index contributed by atoms with van der Waals surface area (Å²) in [6.45, 7) is 0.691. The number of hydrogen-bond acceptors (Lipinski definition) is 2. The molecule has 0 saturated heterocycles. The summed E-state index contributed by atoms with van der Waals surface area (Å²) in [4.78, 5) is 4.33. The fourth-order valence-electron chi connectivity index (χ4n) is 4.07. The van der Waals surface area contributed by atoms with Crippen LogP contribution in [0.4, 0.5) is 5.69 Å². The topological polar surface area (TPSA) is 42.8 Å². The molecule has 0 fully saturated rings. The van der Waals surface area contributed by atoms with Crippen LogP contribution in [0.3, 0.4) is 0 Å². The third-order valence-corrected chi connectivity index (χ3v) is 5.64. The van der Waals surface area contributed by atoms with Gasteiger partial charge in [0, 0.05) is 41.3 Å². The zero-order valence-corrected chi connectivity index (χ0v) is 17.7. The highest BCUT2D eigenvalue weighted by atomic mass is 15.0. The van der Waals surface area contributed by atoms with Crippen LogP contribution in [0.2, 0.25) is 0 Å². The van der Waals surface area contributed by atoms with E-state index in [-0.39, 0.29) is 0 Å². The first-order valence-corrected chi connectivity index (χ1v) is 10.7. The molecule has 0 radical (unpaired) electrons. The Hall–Kier alpha value is -4.24. The Balaban J connectivity index is 1.82. The first kappa shape index (κ1) is 19.7. The van der Waals surface area contributed by atoms with Gasteiger partial charge in [0.1, 0.15) is 0 Å². The molecule has 0 saturated carbocycles. The lowest BCUT2D eigenvalue weighted by Crippen LogP contribution is -2.39. The second kappa shape index (κ2) is 8.86. The number of nitrogens with zero attached hydrogens (tertiary/aromatic N) is 2. The van der Waals surface area contributed by atoms with E-state index in [9.17, 15) is 0 Å². The van der Waals surface area contributed by atoms with E-state index in [1.807, 2.05) is 42.6 Å². The molecule has 0 unspecified atom stereocenters. The van der Waals surface area contributed by atoms with E-state index in [2.05, 4.69) is 82.3 Å². The van der Waals surface area contributed by atoms with E-state index in [4.69, 9.17) is 5.73 Å². The maximum absolute atomic E-state index is 6.47. The zero-order valence-electron chi connectivity index (χ0n) is 17.7. The fraction of sp³-hybridized carbons (Fsp3) is 0.0345. The van der Waals surface area contributed by atoms with Crippen LogP contribution in [-0.4, -0.2) is 4.98 Å². The SMILES string of the molecule is Nc1ccccc1-c1cc(-c2ccccc2)cc(-c2ccccc2)[n+]1Cc1cccnc1. The van der Waals surface area contributed by atoms with E-state index < -0.39 is 0 Å². The van der Waals surface area contributed by atoms with E-state index >= 15 is 0 Å². The molecule has 0 aliphatic heterocycles. The minimum Gasteiger partial charge on any atom is -0.398 e. The summed E-state index contributed by atoms with van der Waals surface area (Å²) in [7, 11) is 0. The van der Waals surface area contributed by atoms with Crippen molar-refractivity contribution in [1.29, 1.82) is 0 Å². The Morgan fingerprint density at radius 3 is 1.97 bits per heavy atom. The molecule has 5 aromatic rings. The van der Waals surface area contributed by atoms with Gasteiger partial charge in [-0.15, -0.1) is 0 Å². The van der Waals surface area contributed by atoms with Crippen molar-refractivity contribution in [2.75, 3.05) is 5.73 Å². The minimum atomic E-state index is 0.691. The Morgan fingerprint density at radius 2 is 1.28 bits per heavy atom. The highest BCUT2D eigenvalue weighted by Crippen LogP contribution is 2.31. The number of benzene rings is 3. The van der Waals surface area contributed by atoms with Crippen molar-refractivity contribution in [2.24, 2.45) is 0 Å². The van der Waals surface area contributed by atoms with Gasteiger partial charge in [-0.25, -0.2) is 0 Å². The number of pyridine rings is 2. The standard InChI is InChI=1S/C29H23N3/c30-27-16-8-7-15-26(27)29-19-25(23-11-3-1-4-12-23)18-28(24-13-5-2-6-14-24)32(29)21-22-10-9-17-31-20-22/h1-20,30H,21H2/p+1. The van der Waals surface area contributed by atoms with Gasteiger partial charge in [0.05, 0.1) is 5.56 Å². The average molecular weight is 415 g/mol. The number of nitrogen functional groups attached to an aromatic ring is 1. The van der Waals surface area contributed by atoms with Gasteiger partial charge in [0.2, 0.25) is 11.4 Å². The molecule has 3 nitrogen and oxygen atoms in total. The summed E-state index contributed by atoms with van der Waals surface area (Å²) in [6.07, 6.45) is 3.73. The van der Waals surface area contributed by atoms with Crippen LogP contribution in [-0.2, 0) is 6.54 Å². The number of para-hydroxylation sites is 1. The van der Waals surface area contributed by atoms with Crippen molar-refractivity contribution in [1.82, 2.24) is 4.98 Å². The molecule has 0 spiro atoms. The van der Waals surface area contributed by atoms with Crippen molar-refractivity contribution < 1.29 is 4.57 Å². The lowest BCUT2D eigenvalue weighted by atomic mass is 9.98. The highest BCUT2D eigenvalue weighted by Gasteiger charge is 2.24. The third-order valence-electron chi connectivity index (χ3n) is 5.64. The van der Waals surface area contributed by atoms with Crippen LogP contribution in [0.15, 0.2) is 122 Å². The molecule has 0 aliphatic rings. The lowest BCUT2D eigenvalue weighted by molar-refractivity contribution is -0.666. The van der Waals surface area contributed by atoms with Gasteiger partial charge in [-0.1, -0.05) is 60.7 Å². The molecule has 0 atom stereocenters. The Labute approximate surface area is 188 Å². The normalized spacial score (nSPS) is 10.8. The van der Waals surface area contributed by atoms with Gasteiger partial charge in [0.25, 0.3) is 0 Å². The highest BCUT2D eigenvalue weighted by molar-refractivity contribution is 5.78. The molecular formula is C29H24N3+. The Morgan fingerprint density at radius 1 is 0.625 bits per heavy atom. The number of anilines is 1. The van der Waals surface area contributed by atoms with Crippen molar-refractivity contribution in [3.63, 3.8) is 0 Å². The van der Waals surface area contributed by atoms with Gasteiger partial charge < -0.3 is 5.73 Å². The average Bonchev–Trinajstić information content (AvgIpc) is 2.86. The van der Waals surface area contributed by atoms with E-state index in [1.54, 1.807) is 6.20 Å². The minimum absolute atomic E-state index is 0.691. The fourth-order valence-corrected chi connectivity index (χ4v) is 4.07. The monoisotopic (exact) mass is 414 g/mol. The number of aromatic nitrogens is 2. The summed E-state index contributed by atoms with van der Waals surface area (Å²) in [6, 6.07) is 37.7. The van der Waals surface area contributed by atoms with E-state index in [1.165, 1.54) is 5.56 Å². The van der Waals surface area contributed by atoms with Crippen molar-refractivity contribution in [3.8, 4) is 33.6 Å². The van der Waals surface area contributed by atoms with Gasteiger partial charge in [-0.3, -0.25) is 4.98 Å². The maximum atomic E-state index is 6.47. The second-order valence-electron chi connectivity index (χ2n) is 7.78. The zero-order chi connectivity index (χ0) is 21.8. The molecule has 2 aromatic heterocycles. The largest absolute Gasteiger partial charge is 0.398 e. The molecule has 0 amide bonds. The summed E-state index contributed by atoms with van der Waals surface area (Å²) in [5.74, 6) is 0. The molecule has 0 aliphatic carbocycles.